The van der Waals surface area contributed by atoms with Crippen molar-refractivity contribution in [3.63, 3.8) is 0 Å². The Morgan fingerprint density at radius 3 is 2.56 bits per heavy atom. The average molecular weight is 268 g/mol. The Morgan fingerprint density at radius 2 is 2.00 bits per heavy atom. The van der Waals surface area contributed by atoms with Crippen LogP contribution in [0.3, 0.4) is 0 Å². The highest BCUT2D eigenvalue weighted by Gasteiger charge is 2.13. The number of likely N-dealkylation sites (N-methyl/N-ethyl adjacent to an activating group) is 1. The van der Waals surface area contributed by atoms with Crippen molar-refractivity contribution in [3.8, 4) is 0 Å². The number of rotatable bonds is 7. The minimum absolute atomic E-state index is 0.533. The first-order valence-corrected chi connectivity index (χ1v) is 7.43. The van der Waals surface area contributed by atoms with Crippen molar-refractivity contribution in [2.24, 2.45) is 5.92 Å². The fraction of sp³-hybridized carbons (Fsp3) is 0.625. The fourth-order valence-corrected chi connectivity index (χ4v) is 2.58. The lowest BCUT2D eigenvalue weighted by Gasteiger charge is -2.22. The van der Waals surface area contributed by atoms with Crippen molar-refractivity contribution in [2.45, 2.75) is 53.0 Å². The first-order valence-electron chi connectivity index (χ1n) is 7.05. The minimum Gasteiger partial charge on any atom is -0.314 e. The van der Waals surface area contributed by atoms with Gasteiger partial charge in [-0.15, -0.1) is 0 Å². The molecule has 0 saturated carbocycles. The third-order valence-electron chi connectivity index (χ3n) is 3.55. The predicted molar refractivity (Wildman–Crippen MR) is 81.4 cm³/mol. The molecule has 1 aromatic rings. The van der Waals surface area contributed by atoms with Gasteiger partial charge in [0.1, 0.15) is 0 Å². The Labute approximate surface area is 117 Å². The summed E-state index contributed by atoms with van der Waals surface area (Å²) in [7, 11) is 0. The SMILES string of the molecule is CCNC(Cc1ccc(C)cc1Cl)CC(C)CC. The smallest absolute Gasteiger partial charge is 0.0441 e. The fourth-order valence-electron chi connectivity index (χ4n) is 2.26. The van der Waals surface area contributed by atoms with Gasteiger partial charge in [0.15, 0.2) is 0 Å². The summed E-state index contributed by atoms with van der Waals surface area (Å²) < 4.78 is 0. The number of aryl methyl sites for hydroxylation is 1. The summed E-state index contributed by atoms with van der Waals surface area (Å²) in [5.41, 5.74) is 2.49. The lowest BCUT2D eigenvalue weighted by Crippen LogP contribution is -2.32. The molecule has 0 amide bonds. The van der Waals surface area contributed by atoms with Crippen LogP contribution < -0.4 is 5.32 Å². The van der Waals surface area contributed by atoms with Crippen LogP contribution in [-0.2, 0) is 6.42 Å². The molecule has 0 heterocycles. The maximum Gasteiger partial charge on any atom is 0.0441 e. The highest BCUT2D eigenvalue weighted by Crippen LogP contribution is 2.21. The lowest BCUT2D eigenvalue weighted by molar-refractivity contribution is 0.397. The molecule has 0 aromatic heterocycles. The van der Waals surface area contributed by atoms with Gasteiger partial charge < -0.3 is 5.32 Å². The van der Waals surface area contributed by atoms with Crippen molar-refractivity contribution in [3.05, 3.63) is 34.3 Å². The summed E-state index contributed by atoms with van der Waals surface area (Å²) in [5, 5.41) is 4.48. The zero-order valence-corrected chi connectivity index (χ0v) is 12.8. The zero-order chi connectivity index (χ0) is 13.5. The van der Waals surface area contributed by atoms with E-state index in [9.17, 15) is 0 Å². The number of nitrogens with one attached hydrogen (secondary N) is 1. The number of hydrogen-bond acceptors (Lipinski definition) is 1. The van der Waals surface area contributed by atoms with E-state index in [0.717, 1.165) is 23.9 Å². The molecule has 0 aliphatic heterocycles. The summed E-state index contributed by atoms with van der Waals surface area (Å²) >= 11 is 6.32. The normalized spacial score (nSPS) is 14.5. The van der Waals surface area contributed by atoms with Gasteiger partial charge in [0, 0.05) is 11.1 Å². The molecule has 1 aromatic carbocycles. The Bertz CT molecular complexity index is 362. The topological polar surface area (TPSA) is 12.0 Å². The van der Waals surface area contributed by atoms with Crippen LogP contribution in [0.2, 0.25) is 5.02 Å². The minimum atomic E-state index is 0.533. The Morgan fingerprint density at radius 1 is 1.28 bits per heavy atom. The molecule has 0 spiro atoms. The Balaban J connectivity index is 2.69. The second-order valence-electron chi connectivity index (χ2n) is 5.30. The van der Waals surface area contributed by atoms with Crippen LogP contribution in [0.1, 0.15) is 44.7 Å². The quantitative estimate of drug-likeness (QED) is 0.761. The zero-order valence-electron chi connectivity index (χ0n) is 12.1. The summed E-state index contributed by atoms with van der Waals surface area (Å²) in [5.74, 6) is 0.762. The molecule has 1 nitrogen and oxygen atoms in total. The molecular formula is C16H26ClN. The molecule has 18 heavy (non-hydrogen) atoms. The molecule has 0 fully saturated rings. The van der Waals surface area contributed by atoms with Crippen LogP contribution in [0.25, 0.3) is 0 Å². The molecule has 0 aliphatic rings. The van der Waals surface area contributed by atoms with Crippen LogP contribution in [0, 0.1) is 12.8 Å². The molecule has 2 unspecified atom stereocenters. The summed E-state index contributed by atoms with van der Waals surface area (Å²) in [6.45, 7) is 9.84. The molecule has 0 radical (unpaired) electrons. The molecule has 1 N–H and O–H groups in total. The molecular weight excluding hydrogens is 242 g/mol. The van der Waals surface area contributed by atoms with Gasteiger partial charge in [0.2, 0.25) is 0 Å². The van der Waals surface area contributed by atoms with E-state index in [2.05, 4.69) is 51.2 Å². The molecule has 0 bridgehead atoms. The third kappa shape index (κ3) is 4.99. The van der Waals surface area contributed by atoms with Gasteiger partial charge in [0.25, 0.3) is 0 Å². The second-order valence-corrected chi connectivity index (χ2v) is 5.71. The van der Waals surface area contributed by atoms with E-state index in [-0.39, 0.29) is 0 Å². The molecule has 1 rings (SSSR count). The van der Waals surface area contributed by atoms with Gasteiger partial charge in [-0.2, -0.15) is 0 Å². The standard InChI is InChI=1S/C16H26ClN/c1-5-12(3)9-15(18-6-2)11-14-8-7-13(4)10-16(14)17/h7-8,10,12,15,18H,5-6,9,11H2,1-4H3. The van der Waals surface area contributed by atoms with Gasteiger partial charge in [-0.25, -0.2) is 0 Å². The van der Waals surface area contributed by atoms with Crippen molar-refractivity contribution >= 4 is 11.6 Å². The van der Waals surface area contributed by atoms with Gasteiger partial charge >= 0.3 is 0 Å². The van der Waals surface area contributed by atoms with Crippen molar-refractivity contribution in [2.75, 3.05) is 6.54 Å². The van der Waals surface area contributed by atoms with Crippen molar-refractivity contribution in [1.29, 1.82) is 0 Å². The van der Waals surface area contributed by atoms with Crippen LogP contribution in [0.15, 0.2) is 18.2 Å². The van der Waals surface area contributed by atoms with E-state index in [4.69, 9.17) is 11.6 Å². The van der Waals surface area contributed by atoms with Crippen LogP contribution in [-0.4, -0.2) is 12.6 Å². The van der Waals surface area contributed by atoms with E-state index in [1.807, 2.05) is 0 Å². The van der Waals surface area contributed by atoms with Crippen molar-refractivity contribution in [1.82, 2.24) is 5.32 Å². The Kier molecular flexibility index (Phi) is 6.73. The third-order valence-corrected chi connectivity index (χ3v) is 3.90. The van der Waals surface area contributed by atoms with Gasteiger partial charge in [-0.1, -0.05) is 50.9 Å². The number of halogens is 1. The highest BCUT2D eigenvalue weighted by atomic mass is 35.5. The molecule has 0 saturated heterocycles. The van der Waals surface area contributed by atoms with E-state index < -0.39 is 0 Å². The highest BCUT2D eigenvalue weighted by molar-refractivity contribution is 6.31. The van der Waals surface area contributed by atoms with E-state index in [0.29, 0.717) is 6.04 Å². The molecule has 0 aliphatic carbocycles. The predicted octanol–water partition coefficient (Wildman–Crippen LogP) is 4.61. The van der Waals surface area contributed by atoms with Crippen LogP contribution >= 0.6 is 11.6 Å². The maximum absolute atomic E-state index is 6.32. The van der Waals surface area contributed by atoms with Crippen molar-refractivity contribution < 1.29 is 0 Å². The summed E-state index contributed by atoms with van der Waals surface area (Å²) in [6.07, 6.45) is 3.48. The summed E-state index contributed by atoms with van der Waals surface area (Å²) in [4.78, 5) is 0. The van der Waals surface area contributed by atoms with Crippen LogP contribution in [0.4, 0.5) is 0 Å². The van der Waals surface area contributed by atoms with E-state index in [1.165, 1.54) is 24.0 Å². The summed E-state index contributed by atoms with van der Waals surface area (Å²) in [6, 6.07) is 6.90. The molecule has 2 atom stereocenters. The maximum atomic E-state index is 6.32. The van der Waals surface area contributed by atoms with E-state index in [1.54, 1.807) is 0 Å². The van der Waals surface area contributed by atoms with Gasteiger partial charge in [-0.3, -0.25) is 0 Å². The largest absolute Gasteiger partial charge is 0.314 e. The molecule has 2 heteroatoms. The lowest BCUT2D eigenvalue weighted by atomic mass is 9.94. The average Bonchev–Trinajstić information content (AvgIpc) is 2.32. The second kappa shape index (κ2) is 7.81. The van der Waals surface area contributed by atoms with Gasteiger partial charge in [0.05, 0.1) is 0 Å². The monoisotopic (exact) mass is 267 g/mol. The Hall–Kier alpha value is -0.530. The first-order chi connectivity index (χ1) is 8.56. The van der Waals surface area contributed by atoms with E-state index >= 15 is 0 Å². The molecule has 102 valence electrons. The number of benzene rings is 1. The first kappa shape index (κ1) is 15.5. The van der Waals surface area contributed by atoms with Gasteiger partial charge in [-0.05, 0) is 49.4 Å². The van der Waals surface area contributed by atoms with Crippen LogP contribution in [0.5, 0.6) is 0 Å². The number of hydrogen-bond donors (Lipinski definition) is 1.